The van der Waals surface area contributed by atoms with Gasteiger partial charge < -0.3 is 10.1 Å². The van der Waals surface area contributed by atoms with Crippen molar-refractivity contribution >= 4 is 5.69 Å². The molecule has 1 N–H and O–H groups in total. The van der Waals surface area contributed by atoms with E-state index in [1.807, 2.05) is 29.2 Å². The van der Waals surface area contributed by atoms with Crippen molar-refractivity contribution in [2.45, 2.75) is 26.4 Å². The molecule has 0 amide bonds. The maximum atomic E-state index is 5.45. The molecule has 1 aromatic carbocycles. The molecule has 4 heteroatoms. The maximum Gasteiger partial charge on any atom is 0.119 e. The summed E-state index contributed by atoms with van der Waals surface area (Å²) < 4.78 is 7.39. The first kappa shape index (κ1) is 14.2. The third-order valence-corrected chi connectivity index (χ3v) is 2.92. The number of hydrogen-bond acceptors (Lipinski definition) is 3. The van der Waals surface area contributed by atoms with Crippen molar-refractivity contribution in [1.82, 2.24) is 9.78 Å². The van der Waals surface area contributed by atoms with Gasteiger partial charge in [0.1, 0.15) is 12.4 Å². The monoisotopic (exact) mass is 271 g/mol. The zero-order chi connectivity index (χ0) is 14.4. The van der Waals surface area contributed by atoms with Crippen molar-refractivity contribution in [3.63, 3.8) is 0 Å². The van der Waals surface area contributed by atoms with Crippen LogP contribution in [0.3, 0.4) is 0 Å². The summed E-state index contributed by atoms with van der Waals surface area (Å²) >= 11 is 0. The van der Waals surface area contributed by atoms with E-state index in [0.29, 0.717) is 12.6 Å². The highest BCUT2D eigenvalue weighted by Gasteiger charge is 2.01. The first-order chi connectivity index (χ1) is 9.69. The van der Waals surface area contributed by atoms with Crippen LogP contribution >= 0.6 is 0 Å². The standard InChI is InChI=1S/C16H21N3O/c1-4-9-20-16-7-5-14(6-8-16)10-17-15-11-18-19(12-15)13(2)3/h4-8,11-13,17H,1,9-10H2,2-3H3. The predicted octanol–water partition coefficient (Wildman–Crippen LogP) is 3.64. The SMILES string of the molecule is C=CCOc1ccc(CNc2cnn(C(C)C)c2)cc1. The topological polar surface area (TPSA) is 39.1 Å². The Balaban J connectivity index is 1.88. The zero-order valence-corrected chi connectivity index (χ0v) is 12.0. The molecule has 0 fully saturated rings. The summed E-state index contributed by atoms with van der Waals surface area (Å²) in [6.07, 6.45) is 5.61. The third-order valence-electron chi connectivity index (χ3n) is 2.92. The minimum Gasteiger partial charge on any atom is -0.490 e. The summed E-state index contributed by atoms with van der Waals surface area (Å²) in [5, 5.41) is 7.66. The van der Waals surface area contributed by atoms with Crippen molar-refractivity contribution in [2.24, 2.45) is 0 Å². The van der Waals surface area contributed by atoms with E-state index >= 15 is 0 Å². The Hall–Kier alpha value is -2.23. The fraction of sp³-hybridized carbons (Fsp3) is 0.312. The Bertz CT molecular complexity index is 543. The number of anilines is 1. The van der Waals surface area contributed by atoms with Gasteiger partial charge in [0.15, 0.2) is 0 Å². The van der Waals surface area contributed by atoms with Gasteiger partial charge in [0, 0.05) is 18.8 Å². The van der Waals surface area contributed by atoms with Gasteiger partial charge in [0.05, 0.1) is 11.9 Å². The van der Waals surface area contributed by atoms with Gasteiger partial charge in [-0.1, -0.05) is 24.8 Å². The summed E-state index contributed by atoms with van der Waals surface area (Å²) in [6, 6.07) is 8.43. The van der Waals surface area contributed by atoms with E-state index in [0.717, 1.165) is 18.0 Å². The van der Waals surface area contributed by atoms with Crippen LogP contribution in [0.1, 0.15) is 25.5 Å². The normalized spacial score (nSPS) is 10.6. The van der Waals surface area contributed by atoms with Gasteiger partial charge in [-0.2, -0.15) is 5.10 Å². The van der Waals surface area contributed by atoms with Crippen LogP contribution in [-0.2, 0) is 6.54 Å². The largest absolute Gasteiger partial charge is 0.490 e. The molecule has 1 heterocycles. The number of benzene rings is 1. The second kappa shape index (κ2) is 6.80. The van der Waals surface area contributed by atoms with Gasteiger partial charge in [0.2, 0.25) is 0 Å². The molecule has 1 aromatic heterocycles. The average Bonchev–Trinajstić information content (AvgIpc) is 2.93. The van der Waals surface area contributed by atoms with Crippen LogP contribution in [0, 0.1) is 0 Å². The molecule has 0 radical (unpaired) electrons. The lowest BCUT2D eigenvalue weighted by atomic mass is 10.2. The quantitative estimate of drug-likeness (QED) is 0.781. The molecule has 2 aromatic rings. The van der Waals surface area contributed by atoms with E-state index in [1.165, 1.54) is 5.56 Å². The van der Waals surface area contributed by atoms with Crippen LogP contribution < -0.4 is 10.1 Å². The fourth-order valence-corrected chi connectivity index (χ4v) is 1.77. The molecule has 106 valence electrons. The first-order valence-electron chi connectivity index (χ1n) is 6.79. The van der Waals surface area contributed by atoms with Crippen LogP contribution in [0.25, 0.3) is 0 Å². The second-order valence-corrected chi connectivity index (χ2v) is 4.90. The number of nitrogens with one attached hydrogen (secondary N) is 1. The Labute approximate surface area is 120 Å². The van der Waals surface area contributed by atoms with Crippen LogP contribution in [-0.4, -0.2) is 16.4 Å². The molecule has 0 saturated heterocycles. The molecule has 0 unspecified atom stereocenters. The summed E-state index contributed by atoms with van der Waals surface area (Å²) in [5.41, 5.74) is 2.24. The van der Waals surface area contributed by atoms with Crippen molar-refractivity contribution < 1.29 is 4.74 Å². The molecule has 0 aliphatic heterocycles. The maximum absolute atomic E-state index is 5.45. The molecule has 20 heavy (non-hydrogen) atoms. The van der Waals surface area contributed by atoms with E-state index in [1.54, 1.807) is 6.08 Å². The summed E-state index contributed by atoms with van der Waals surface area (Å²) in [5.74, 6) is 0.862. The smallest absolute Gasteiger partial charge is 0.119 e. The molecule has 0 spiro atoms. The van der Waals surface area contributed by atoms with Crippen LogP contribution in [0.15, 0.2) is 49.3 Å². The summed E-state index contributed by atoms with van der Waals surface area (Å²) in [6.45, 7) is 9.15. The Morgan fingerprint density at radius 3 is 2.70 bits per heavy atom. The van der Waals surface area contributed by atoms with Gasteiger partial charge in [-0.3, -0.25) is 4.68 Å². The van der Waals surface area contributed by atoms with E-state index in [9.17, 15) is 0 Å². The van der Waals surface area contributed by atoms with Crippen LogP contribution in [0.5, 0.6) is 5.75 Å². The zero-order valence-electron chi connectivity index (χ0n) is 12.0. The molecular formula is C16H21N3O. The Morgan fingerprint density at radius 1 is 1.35 bits per heavy atom. The fourth-order valence-electron chi connectivity index (χ4n) is 1.77. The molecule has 0 saturated carbocycles. The van der Waals surface area contributed by atoms with E-state index in [-0.39, 0.29) is 0 Å². The molecule has 0 aliphatic rings. The van der Waals surface area contributed by atoms with Crippen molar-refractivity contribution in [3.8, 4) is 5.75 Å². The van der Waals surface area contributed by atoms with Crippen LogP contribution in [0.4, 0.5) is 5.69 Å². The first-order valence-corrected chi connectivity index (χ1v) is 6.79. The van der Waals surface area contributed by atoms with E-state index < -0.39 is 0 Å². The van der Waals surface area contributed by atoms with Gasteiger partial charge in [-0.25, -0.2) is 0 Å². The summed E-state index contributed by atoms with van der Waals surface area (Å²) in [7, 11) is 0. The molecule has 0 aliphatic carbocycles. The Kier molecular flexibility index (Phi) is 4.82. The predicted molar refractivity (Wildman–Crippen MR) is 82.1 cm³/mol. The molecule has 4 nitrogen and oxygen atoms in total. The second-order valence-electron chi connectivity index (χ2n) is 4.90. The van der Waals surface area contributed by atoms with Crippen LogP contribution in [0.2, 0.25) is 0 Å². The average molecular weight is 271 g/mol. The lowest BCUT2D eigenvalue weighted by Crippen LogP contribution is -2.01. The highest BCUT2D eigenvalue weighted by Crippen LogP contribution is 2.15. The number of aromatic nitrogens is 2. The number of hydrogen-bond donors (Lipinski definition) is 1. The van der Waals surface area contributed by atoms with E-state index in [4.69, 9.17) is 4.74 Å². The third kappa shape index (κ3) is 3.88. The number of nitrogens with zero attached hydrogens (tertiary/aromatic N) is 2. The van der Waals surface area contributed by atoms with Gasteiger partial charge >= 0.3 is 0 Å². The molecule has 0 atom stereocenters. The number of ether oxygens (including phenoxy) is 1. The van der Waals surface area contributed by atoms with Crippen molar-refractivity contribution in [1.29, 1.82) is 0 Å². The minimum atomic E-state index is 0.381. The lowest BCUT2D eigenvalue weighted by Gasteiger charge is -2.07. The Morgan fingerprint density at radius 2 is 2.10 bits per heavy atom. The number of rotatable bonds is 7. The molecular weight excluding hydrogens is 250 g/mol. The van der Waals surface area contributed by atoms with Gasteiger partial charge in [-0.15, -0.1) is 0 Å². The molecule has 2 rings (SSSR count). The lowest BCUT2D eigenvalue weighted by molar-refractivity contribution is 0.363. The van der Waals surface area contributed by atoms with Crippen molar-refractivity contribution in [3.05, 3.63) is 54.9 Å². The van der Waals surface area contributed by atoms with Crippen molar-refractivity contribution in [2.75, 3.05) is 11.9 Å². The van der Waals surface area contributed by atoms with Gasteiger partial charge in [-0.05, 0) is 31.5 Å². The van der Waals surface area contributed by atoms with E-state index in [2.05, 4.69) is 43.0 Å². The van der Waals surface area contributed by atoms with Gasteiger partial charge in [0.25, 0.3) is 0 Å². The highest BCUT2D eigenvalue weighted by atomic mass is 16.5. The highest BCUT2D eigenvalue weighted by molar-refractivity contribution is 5.40. The summed E-state index contributed by atoms with van der Waals surface area (Å²) in [4.78, 5) is 0. The minimum absolute atomic E-state index is 0.381. The molecule has 0 bridgehead atoms.